The summed E-state index contributed by atoms with van der Waals surface area (Å²) in [7, 11) is 0. The first-order valence-electron chi connectivity index (χ1n) is 11.0. The highest BCUT2D eigenvalue weighted by atomic mass is 32.1. The van der Waals surface area contributed by atoms with Gasteiger partial charge in [0.1, 0.15) is 18.2 Å². The van der Waals surface area contributed by atoms with Crippen molar-refractivity contribution >= 4 is 17.2 Å². The molecule has 0 spiro atoms. The quantitative estimate of drug-likeness (QED) is 0.594. The normalized spacial score (nSPS) is 18.0. The van der Waals surface area contributed by atoms with Crippen LogP contribution in [0.25, 0.3) is 0 Å². The summed E-state index contributed by atoms with van der Waals surface area (Å²) in [5.41, 5.74) is 1.13. The minimum absolute atomic E-state index is 0.0495. The lowest BCUT2D eigenvalue weighted by atomic mass is 10.00. The number of amides is 1. The Bertz CT molecular complexity index is 840. The van der Waals surface area contributed by atoms with Gasteiger partial charge in [-0.3, -0.25) is 9.69 Å². The average molecular weight is 449 g/mol. The van der Waals surface area contributed by atoms with Crippen molar-refractivity contribution in [2.75, 3.05) is 32.8 Å². The van der Waals surface area contributed by atoms with Gasteiger partial charge in [0, 0.05) is 24.5 Å². The van der Waals surface area contributed by atoms with Gasteiger partial charge < -0.3 is 14.7 Å². The Morgan fingerprint density at radius 3 is 2.71 bits per heavy atom. The molecule has 1 N–H and O–H groups in total. The van der Waals surface area contributed by atoms with Crippen molar-refractivity contribution in [2.24, 2.45) is 5.92 Å². The second-order valence-electron chi connectivity index (χ2n) is 8.47. The molecule has 2 heterocycles. The number of benzene rings is 1. The molecule has 1 amide bonds. The molecule has 31 heavy (non-hydrogen) atoms. The van der Waals surface area contributed by atoms with Crippen molar-refractivity contribution in [3.8, 4) is 5.75 Å². The van der Waals surface area contributed by atoms with Gasteiger partial charge in [-0.25, -0.2) is 4.39 Å². The highest BCUT2D eigenvalue weighted by Crippen LogP contribution is 2.34. The molecule has 7 heteroatoms. The number of aliphatic hydroxyl groups excluding tert-OH is 1. The van der Waals surface area contributed by atoms with Crippen LogP contribution in [0.2, 0.25) is 0 Å². The monoisotopic (exact) mass is 448 g/mol. The molecule has 0 saturated heterocycles. The first-order chi connectivity index (χ1) is 14.9. The number of thiophene rings is 1. The Hall–Kier alpha value is -1.96. The van der Waals surface area contributed by atoms with Gasteiger partial charge in [0.25, 0.3) is 0 Å². The topological polar surface area (TPSA) is 53.0 Å². The third kappa shape index (κ3) is 6.51. The van der Waals surface area contributed by atoms with Gasteiger partial charge in [0.2, 0.25) is 5.91 Å². The minimum atomic E-state index is -0.487. The molecule has 1 aromatic carbocycles. The number of carbonyl (C=O) groups excluding carboxylic acids is 1. The fourth-order valence-electron chi connectivity index (χ4n) is 4.01. The summed E-state index contributed by atoms with van der Waals surface area (Å²) in [6.07, 6.45) is 1.38. The Kier molecular flexibility index (Phi) is 8.46. The van der Waals surface area contributed by atoms with E-state index in [1.165, 1.54) is 17.0 Å². The summed E-state index contributed by atoms with van der Waals surface area (Å²) in [5, 5.41) is 12.0. The van der Waals surface area contributed by atoms with Crippen LogP contribution < -0.4 is 4.74 Å². The second-order valence-corrected chi connectivity index (χ2v) is 9.47. The van der Waals surface area contributed by atoms with Crippen LogP contribution in [0.3, 0.4) is 0 Å². The van der Waals surface area contributed by atoms with E-state index in [9.17, 15) is 14.3 Å². The van der Waals surface area contributed by atoms with Crippen LogP contribution in [0.5, 0.6) is 5.75 Å². The number of hydrogen-bond donors (Lipinski definition) is 1. The van der Waals surface area contributed by atoms with Crippen molar-refractivity contribution in [1.82, 2.24) is 9.80 Å². The van der Waals surface area contributed by atoms with E-state index in [2.05, 4.69) is 30.2 Å². The maximum atomic E-state index is 13.4. The SMILES string of the molecule is CC[C@H](C)CN(CC(=O)N1CCc2sccc2[C@@H]1COc1ccc(F)cc1)C[C@H](C)O. The molecule has 0 unspecified atom stereocenters. The summed E-state index contributed by atoms with van der Waals surface area (Å²) >= 11 is 1.71. The molecule has 0 radical (unpaired) electrons. The van der Waals surface area contributed by atoms with Gasteiger partial charge >= 0.3 is 0 Å². The van der Waals surface area contributed by atoms with Gasteiger partial charge in [0.05, 0.1) is 18.7 Å². The zero-order valence-electron chi connectivity index (χ0n) is 18.6. The average Bonchev–Trinajstić information content (AvgIpc) is 3.21. The summed E-state index contributed by atoms with van der Waals surface area (Å²) in [6.45, 7) is 8.56. The summed E-state index contributed by atoms with van der Waals surface area (Å²) in [5.74, 6) is 0.785. The molecule has 0 bridgehead atoms. The Morgan fingerprint density at radius 2 is 2.03 bits per heavy atom. The highest BCUT2D eigenvalue weighted by Gasteiger charge is 2.33. The van der Waals surface area contributed by atoms with Crippen molar-refractivity contribution in [2.45, 2.75) is 45.8 Å². The smallest absolute Gasteiger partial charge is 0.237 e. The number of nitrogens with zero attached hydrogens (tertiary/aromatic N) is 2. The van der Waals surface area contributed by atoms with E-state index in [0.717, 1.165) is 24.9 Å². The molecule has 0 aliphatic carbocycles. The molecule has 2 aromatic rings. The van der Waals surface area contributed by atoms with Crippen LogP contribution in [0.15, 0.2) is 35.7 Å². The first-order valence-corrected chi connectivity index (χ1v) is 11.9. The maximum Gasteiger partial charge on any atom is 0.237 e. The van der Waals surface area contributed by atoms with Gasteiger partial charge in [-0.05, 0) is 60.5 Å². The van der Waals surface area contributed by atoms with Crippen molar-refractivity contribution in [3.05, 3.63) is 52.0 Å². The number of rotatable bonds is 10. The number of carbonyl (C=O) groups is 1. The first kappa shape index (κ1) is 23.7. The fourth-order valence-corrected chi connectivity index (χ4v) is 4.94. The predicted molar refractivity (Wildman–Crippen MR) is 122 cm³/mol. The molecule has 0 fully saturated rings. The van der Waals surface area contributed by atoms with Crippen LogP contribution in [0.1, 0.15) is 43.7 Å². The minimum Gasteiger partial charge on any atom is -0.491 e. The van der Waals surface area contributed by atoms with Gasteiger partial charge in [0.15, 0.2) is 0 Å². The lowest BCUT2D eigenvalue weighted by Crippen LogP contribution is -2.48. The van der Waals surface area contributed by atoms with Crippen LogP contribution >= 0.6 is 11.3 Å². The van der Waals surface area contributed by atoms with Gasteiger partial charge in [-0.15, -0.1) is 11.3 Å². The molecule has 3 atom stereocenters. The second kappa shape index (κ2) is 11.1. The van der Waals surface area contributed by atoms with E-state index in [1.807, 2.05) is 4.90 Å². The third-order valence-electron chi connectivity index (χ3n) is 5.78. The molecule has 3 rings (SSSR count). The zero-order valence-corrected chi connectivity index (χ0v) is 19.4. The van der Waals surface area contributed by atoms with E-state index in [-0.39, 0.29) is 24.3 Å². The Balaban J connectivity index is 1.73. The summed E-state index contributed by atoms with van der Waals surface area (Å²) < 4.78 is 19.2. The highest BCUT2D eigenvalue weighted by molar-refractivity contribution is 7.10. The molecule has 5 nitrogen and oxygen atoms in total. The molecule has 1 aliphatic rings. The van der Waals surface area contributed by atoms with Crippen LogP contribution in [-0.2, 0) is 11.2 Å². The number of aliphatic hydroxyl groups is 1. The van der Waals surface area contributed by atoms with E-state index in [4.69, 9.17) is 4.74 Å². The van der Waals surface area contributed by atoms with Crippen LogP contribution in [-0.4, -0.2) is 59.7 Å². The van der Waals surface area contributed by atoms with Crippen LogP contribution in [0, 0.1) is 11.7 Å². The van der Waals surface area contributed by atoms with Crippen molar-refractivity contribution < 1.29 is 19.0 Å². The molecular formula is C24H33FN2O3S. The van der Waals surface area contributed by atoms with E-state index >= 15 is 0 Å². The summed E-state index contributed by atoms with van der Waals surface area (Å²) in [6, 6.07) is 7.86. The largest absolute Gasteiger partial charge is 0.491 e. The number of halogens is 1. The van der Waals surface area contributed by atoms with E-state index in [0.29, 0.717) is 31.4 Å². The standard InChI is InChI=1S/C24H33FN2O3S/c1-4-17(2)13-26(14-18(3)28)15-24(29)27-11-9-23-21(10-12-31-23)22(27)16-30-20-7-5-19(25)6-8-20/h5-8,10,12,17-18,22,28H,4,9,11,13-16H2,1-3H3/t17-,18-,22-/m0/s1. The molecule has 1 aliphatic heterocycles. The fraction of sp³-hybridized carbons (Fsp3) is 0.542. The molecular weight excluding hydrogens is 415 g/mol. The molecule has 1 aromatic heterocycles. The zero-order chi connectivity index (χ0) is 22.4. The Labute approximate surface area is 188 Å². The number of ether oxygens (including phenoxy) is 1. The Morgan fingerprint density at radius 1 is 1.29 bits per heavy atom. The molecule has 0 saturated carbocycles. The van der Waals surface area contributed by atoms with Crippen LogP contribution in [0.4, 0.5) is 4.39 Å². The lowest BCUT2D eigenvalue weighted by molar-refractivity contribution is -0.136. The lowest BCUT2D eigenvalue weighted by Gasteiger charge is -2.37. The predicted octanol–water partition coefficient (Wildman–Crippen LogP) is 4.12. The van der Waals surface area contributed by atoms with Crippen molar-refractivity contribution in [1.29, 1.82) is 0 Å². The summed E-state index contributed by atoms with van der Waals surface area (Å²) in [4.78, 5) is 18.6. The van der Waals surface area contributed by atoms with Crippen molar-refractivity contribution in [3.63, 3.8) is 0 Å². The van der Waals surface area contributed by atoms with Gasteiger partial charge in [-0.1, -0.05) is 20.3 Å². The number of fused-ring (bicyclic) bond motifs is 1. The number of hydrogen-bond acceptors (Lipinski definition) is 5. The molecule has 170 valence electrons. The van der Waals surface area contributed by atoms with Gasteiger partial charge in [-0.2, -0.15) is 0 Å². The maximum absolute atomic E-state index is 13.4. The third-order valence-corrected chi connectivity index (χ3v) is 6.78. The van der Waals surface area contributed by atoms with E-state index in [1.54, 1.807) is 30.4 Å². The van der Waals surface area contributed by atoms with E-state index < -0.39 is 6.10 Å².